The number of rotatable bonds is 4. The number of hydrogen-bond acceptors (Lipinski definition) is 4. The first-order valence-corrected chi connectivity index (χ1v) is 11.1. The molecule has 1 aromatic heterocycles. The number of benzene rings is 4. The lowest BCUT2D eigenvalue weighted by atomic mass is 10.0. The number of phenols is 1. The van der Waals surface area contributed by atoms with E-state index in [-0.39, 0.29) is 5.75 Å². The van der Waals surface area contributed by atoms with Crippen LogP contribution in [0.2, 0.25) is 0 Å². The zero-order valence-corrected chi connectivity index (χ0v) is 18.2. The van der Waals surface area contributed by atoms with E-state index in [1.54, 1.807) is 23.6 Å². The van der Waals surface area contributed by atoms with Crippen LogP contribution in [0.25, 0.3) is 21.0 Å². The highest BCUT2D eigenvalue weighted by molar-refractivity contribution is 7.19. The number of para-hydroxylation sites is 1. The third-order valence-electron chi connectivity index (χ3n) is 5.15. The molecule has 0 radical (unpaired) electrons. The molecular weight excluding hydrogens is 416 g/mol. The summed E-state index contributed by atoms with van der Waals surface area (Å²) in [7, 11) is 0. The predicted octanol–water partition coefficient (Wildman–Crippen LogP) is 5.58. The minimum Gasteiger partial charge on any atom is -0.507 e. The van der Waals surface area contributed by atoms with Gasteiger partial charge in [-0.05, 0) is 42.0 Å². The molecule has 5 nitrogen and oxygen atoms in total. The Morgan fingerprint density at radius 2 is 1.72 bits per heavy atom. The third-order valence-corrected chi connectivity index (χ3v) is 6.22. The first-order valence-electron chi connectivity index (χ1n) is 10.2. The first-order chi connectivity index (χ1) is 15.7. The quantitative estimate of drug-likeness (QED) is 0.219. The van der Waals surface area contributed by atoms with E-state index in [0.717, 1.165) is 31.7 Å². The summed E-state index contributed by atoms with van der Waals surface area (Å²) in [5.74, 6) is 0.783. The van der Waals surface area contributed by atoms with Gasteiger partial charge in [0.05, 0.1) is 11.9 Å². The van der Waals surface area contributed by atoms with Crippen LogP contribution in [-0.4, -0.2) is 17.2 Å². The fourth-order valence-corrected chi connectivity index (χ4v) is 4.42. The van der Waals surface area contributed by atoms with E-state index in [1.165, 1.54) is 5.56 Å². The Balaban J connectivity index is 1.53. The topological polar surface area (TPSA) is 71.1 Å². The SMILES string of the molecule is Cc1ccc(N=C(NN=Cc2c(O)ccc3ccccc23)c2[nH+]c3ccccc3s2)cc1. The van der Waals surface area contributed by atoms with Gasteiger partial charge >= 0.3 is 5.01 Å². The fraction of sp³-hybridized carbons (Fsp3) is 0.0385. The van der Waals surface area contributed by atoms with Crippen LogP contribution in [0.5, 0.6) is 5.75 Å². The number of thiazole rings is 1. The molecule has 32 heavy (non-hydrogen) atoms. The zero-order valence-electron chi connectivity index (χ0n) is 17.4. The minimum atomic E-state index is 0.180. The number of phenolic OH excluding ortho intramolecular Hbond substituents is 1. The van der Waals surface area contributed by atoms with Gasteiger partial charge in [-0.1, -0.05) is 71.5 Å². The van der Waals surface area contributed by atoms with Gasteiger partial charge in [-0.3, -0.25) is 5.43 Å². The highest BCUT2D eigenvalue weighted by Crippen LogP contribution is 2.25. The van der Waals surface area contributed by atoms with Crippen molar-refractivity contribution in [3.8, 4) is 5.75 Å². The highest BCUT2D eigenvalue weighted by atomic mass is 32.1. The number of aryl methyl sites for hydroxylation is 1. The van der Waals surface area contributed by atoms with Crippen LogP contribution in [0.15, 0.2) is 95.0 Å². The van der Waals surface area contributed by atoms with E-state index in [9.17, 15) is 5.11 Å². The molecule has 0 aliphatic rings. The van der Waals surface area contributed by atoms with E-state index < -0.39 is 0 Å². The van der Waals surface area contributed by atoms with Gasteiger partial charge < -0.3 is 5.11 Å². The van der Waals surface area contributed by atoms with Crippen molar-refractivity contribution >= 4 is 50.1 Å². The van der Waals surface area contributed by atoms with Crippen molar-refractivity contribution in [2.45, 2.75) is 6.92 Å². The second-order valence-electron chi connectivity index (χ2n) is 7.44. The van der Waals surface area contributed by atoms with Crippen molar-refractivity contribution in [2.24, 2.45) is 10.1 Å². The van der Waals surface area contributed by atoms with Crippen LogP contribution in [-0.2, 0) is 0 Å². The van der Waals surface area contributed by atoms with E-state index in [0.29, 0.717) is 11.4 Å². The fourth-order valence-electron chi connectivity index (χ4n) is 3.48. The van der Waals surface area contributed by atoms with Crippen LogP contribution in [0.3, 0.4) is 0 Å². The molecule has 0 spiro atoms. The summed E-state index contributed by atoms with van der Waals surface area (Å²) in [4.78, 5) is 8.21. The lowest BCUT2D eigenvalue weighted by Crippen LogP contribution is -2.24. The summed E-state index contributed by atoms with van der Waals surface area (Å²) < 4.78 is 1.14. The van der Waals surface area contributed by atoms with Gasteiger partial charge in [-0.2, -0.15) is 10.1 Å². The average Bonchev–Trinajstić information content (AvgIpc) is 3.25. The van der Waals surface area contributed by atoms with Gasteiger partial charge in [0.15, 0.2) is 0 Å². The standard InChI is InChI=1S/C26H20N4OS/c1-17-10-13-19(14-11-17)28-25(26-29-22-8-4-5-9-24(22)32-26)30-27-16-21-20-7-3-2-6-18(20)12-15-23(21)31/h2-16,31H,1H3,(H,28,30)/p+1. The molecule has 0 saturated heterocycles. The lowest BCUT2D eigenvalue weighted by molar-refractivity contribution is -0.340. The second-order valence-corrected chi connectivity index (χ2v) is 8.49. The third kappa shape index (κ3) is 4.08. The maximum atomic E-state index is 10.4. The Labute approximate surface area is 189 Å². The molecule has 156 valence electrons. The van der Waals surface area contributed by atoms with Gasteiger partial charge in [-0.25, -0.2) is 4.99 Å². The minimum absolute atomic E-state index is 0.180. The number of hydrazone groups is 1. The Hall–Kier alpha value is -4.03. The Bertz CT molecular complexity index is 1440. The maximum absolute atomic E-state index is 10.4. The molecule has 1 heterocycles. The van der Waals surface area contributed by atoms with E-state index in [1.807, 2.05) is 79.7 Å². The number of aromatic hydroxyl groups is 1. The summed E-state index contributed by atoms with van der Waals surface area (Å²) >= 11 is 1.61. The van der Waals surface area contributed by atoms with Crippen molar-refractivity contribution in [3.05, 3.63) is 101 Å². The molecule has 0 atom stereocenters. The summed E-state index contributed by atoms with van der Waals surface area (Å²) in [5, 5.41) is 17.7. The Morgan fingerprint density at radius 1 is 0.938 bits per heavy atom. The number of H-pyrrole nitrogens is 1. The number of aromatic amines is 1. The number of amidine groups is 1. The van der Waals surface area contributed by atoms with Crippen LogP contribution in [0.4, 0.5) is 5.69 Å². The van der Waals surface area contributed by atoms with Gasteiger partial charge in [0.1, 0.15) is 10.4 Å². The molecular formula is C26H21N4OS+. The normalized spacial score (nSPS) is 12.1. The molecule has 0 unspecified atom stereocenters. The molecule has 3 N–H and O–H groups in total. The number of hydrogen-bond donors (Lipinski definition) is 2. The molecule has 0 amide bonds. The zero-order chi connectivity index (χ0) is 21.9. The first kappa shape index (κ1) is 19.9. The summed E-state index contributed by atoms with van der Waals surface area (Å²) in [6.07, 6.45) is 1.63. The van der Waals surface area contributed by atoms with Gasteiger partial charge in [0.25, 0.3) is 0 Å². The summed E-state index contributed by atoms with van der Waals surface area (Å²) in [6, 6.07) is 27.6. The van der Waals surface area contributed by atoms with Gasteiger partial charge in [0, 0.05) is 11.6 Å². The molecule has 5 rings (SSSR count). The Morgan fingerprint density at radius 3 is 2.56 bits per heavy atom. The smallest absolute Gasteiger partial charge is 0.305 e. The molecule has 0 aliphatic carbocycles. The molecule has 0 saturated carbocycles. The van der Waals surface area contributed by atoms with Crippen molar-refractivity contribution in [1.82, 2.24) is 5.43 Å². The van der Waals surface area contributed by atoms with Crippen molar-refractivity contribution in [1.29, 1.82) is 0 Å². The molecule has 0 fully saturated rings. The van der Waals surface area contributed by atoms with Crippen LogP contribution >= 0.6 is 11.3 Å². The van der Waals surface area contributed by atoms with E-state index in [2.05, 4.69) is 21.6 Å². The molecule has 0 aliphatic heterocycles. The lowest BCUT2D eigenvalue weighted by Gasteiger charge is -2.05. The molecule has 6 heteroatoms. The van der Waals surface area contributed by atoms with Crippen LogP contribution in [0, 0.1) is 6.92 Å². The number of nitrogens with zero attached hydrogens (tertiary/aromatic N) is 2. The van der Waals surface area contributed by atoms with E-state index in [4.69, 9.17) is 4.99 Å². The monoisotopic (exact) mass is 437 g/mol. The number of fused-ring (bicyclic) bond motifs is 2. The van der Waals surface area contributed by atoms with Crippen molar-refractivity contribution in [3.63, 3.8) is 0 Å². The number of aromatic nitrogens is 1. The molecule has 0 bridgehead atoms. The largest absolute Gasteiger partial charge is 0.507 e. The average molecular weight is 438 g/mol. The van der Waals surface area contributed by atoms with Gasteiger partial charge in [0.2, 0.25) is 11.4 Å². The number of nitrogens with one attached hydrogen (secondary N) is 2. The van der Waals surface area contributed by atoms with Crippen LogP contribution in [0.1, 0.15) is 16.1 Å². The summed E-state index contributed by atoms with van der Waals surface area (Å²) in [5.41, 5.74) is 6.79. The van der Waals surface area contributed by atoms with E-state index >= 15 is 0 Å². The molecule has 4 aromatic carbocycles. The molecule has 5 aromatic rings. The van der Waals surface area contributed by atoms with Crippen LogP contribution < -0.4 is 10.4 Å². The highest BCUT2D eigenvalue weighted by Gasteiger charge is 2.17. The van der Waals surface area contributed by atoms with Crippen molar-refractivity contribution < 1.29 is 10.1 Å². The second kappa shape index (κ2) is 8.61. The van der Waals surface area contributed by atoms with Crippen molar-refractivity contribution in [2.75, 3.05) is 0 Å². The predicted molar refractivity (Wildman–Crippen MR) is 132 cm³/mol. The van der Waals surface area contributed by atoms with Gasteiger partial charge in [-0.15, -0.1) is 0 Å². The Kier molecular flexibility index (Phi) is 5.35. The summed E-state index contributed by atoms with van der Waals surface area (Å²) in [6.45, 7) is 2.05. The number of aliphatic imine (C=N–C) groups is 1. The maximum Gasteiger partial charge on any atom is 0.305 e.